The van der Waals surface area contributed by atoms with Crippen LogP contribution in [0, 0.1) is 5.92 Å². The average Bonchev–Trinajstić information content (AvgIpc) is 3.39. The van der Waals surface area contributed by atoms with Gasteiger partial charge < -0.3 is 15.2 Å². The van der Waals surface area contributed by atoms with Crippen LogP contribution in [-0.2, 0) is 0 Å². The van der Waals surface area contributed by atoms with E-state index < -0.39 is 0 Å². The van der Waals surface area contributed by atoms with Gasteiger partial charge in [-0.05, 0) is 49.3 Å². The van der Waals surface area contributed by atoms with Crippen molar-refractivity contribution in [3.05, 3.63) is 23.8 Å². The highest BCUT2D eigenvalue weighted by Crippen LogP contribution is 2.40. The molecule has 0 aromatic heterocycles. The van der Waals surface area contributed by atoms with Crippen molar-refractivity contribution >= 4 is 0 Å². The molecule has 116 valence electrons. The Balaban J connectivity index is 1.86. The molecule has 3 rings (SSSR count). The molecular weight excluding hydrogens is 264 g/mol. The summed E-state index contributed by atoms with van der Waals surface area (Å²) in [5.74, 6) is 2.56. The summed E-state index contributed by atoms with van der Waals surface area (Å²) in [7, 11) is 3.39. The van der Waals surface area contributed by atoms with Crippen LogP contribution in [0.15, 0.2) is 18.2 Å². The van der Waals surface area contributed by atoms with Crippen LogP contribution in [0.3, 0.4) is 0 Å². The number of benzene rings is 1. The molecule has 4 heteroatoms. The van der Waals surface area contributed by atoms with E-state index in [-0.39, 0.29) is 6.04 Å². The van der Waals surface area contributed by atoms with Crippen molar-refractivity contribution in [2.45, 2.75) is 37.8 Å². The van der Waals surface area contributed by atoms with Crippen LogP contribution in [0.5, 0.6) is 11.5 Å². The Labute approximate surface area is 127 Å². The van der Waals surface area contributed by atoms with Crippen molar-refractivity contribution in [1.82, 2.24) is 4.90 Å². The number of hydrogen-bond donors (Lipinski definition) is 1. The summed E-state index contributed by atoms with van der Waals surface area (Å²) in [5.41, 5.74) is 7.34. The molecule has 0 amide bonds. The molecule has 2 fully saturated rings. The number of hydrogen-bond acceptors (Lipinski definition) is 4. The van der Waals surface area contributed by atoms with Gasteiger partial charge in [-0.15, -0.1) is 0 Å². The van der Waals surface area contributed by atoms with Crippen molar-refractivity contribution in [2.75, 3.05) is 27.3 Å². The van der Waals surface area contributed by atoms with Crippen molar-refractivity contribution in [3.8, 4) is 11.5 Å². The minimum absolute atomic E-state index is 0.266. The molecule has 2 saturated carbocycles. The molecule has 1 aromatic rings. The van der Waals surface area contributed by atoms with Crippen molar-refractivity contribution in [2.24, 2.45) is 11.7 Å². The highest BCUT2D eigenvalue weighted by atomic mass is 16.5. The van der Waals surface area contributed by atoms with Crippen LogP contribution in [0.1, 0.15) is 37.3 Å². The van der Waals surface area contributed by atoms with Crippen LogP contribution >= 0.6 is 0 Å². The van der Waals surface area contributed by atoms with Gasteiger partial charge >= 0.3 is 0 Å². The van der Waals surface area contributed by atoms with Crippen LogP contribution in [0.4, 0.5) is 0 Å². The molecule has 2 aliphatic rings. The Morgan fingerprint density at radius 3 is 2.14 bits per heavy atom. The van der Waals surface area contributed by atoms with Crippen LogP contribution in [0.2, 0.25) is 0 Å². The molecule has 0 saturated heterocycles. The zero-order valence-electron chi connectivity index (χ0n) is 13.0. The maximum atomic E-state index is 6.13. The summed E-state index contributed by atoms with van der Waals surface area (Å²) in [6.45, 7) is 1.83. The molecule has 0 radical (unpaired) electrons. The molecule has 0 bridgehead atoms. The van der Waals surface area contributed by atoms with Gasteiger partial charge in [0.05, 0.1) is 14.2 Å². The number of ether oxygens (including phenoxy) is 2. The summed E-state index contributed by atoms with van der Waals surface area (Å²) >= 11 is 0. The molecule has 2 aliphatic carbocycles. The van der Waals surface area contributed by atoms with E-state index in [2.05, 4.69) is 17.0 Å². The van der Waals surface area contributed by atoms with Gasteiger partial charge in [-0.25, -0.2) is 0 Å². The van der Waals surface area contributed by atoms with E-state index in [1.807, 2.05) is 6.07 Å². The lowest BCUT2D eigenvalue weighted by atomic mass is 10.0. The number of methoxy groups -OCH3 is 2. The molecule has 0 spiro atoms. The molecule has 1 aromatic carbocycles. The van der Waals surface area contributed by atoms with E-state index in [1.54, 1.807) is 14.2 Å². The monoisotopic (exact) mass is 290 g/mol. The Kier molecular flexibility index (Phi) is 4.36. The fraction of sp³-hybridized carbons (Fsp3) is 0.647. The van der Waals surface area contributed by atoms with Gasteiger partial charge in [-0.2, -0.15) is 0 Å². The lowest BCUT2D eigenvalue weighted by molar-refractivity contribution is 0.182. The standard InChI is InChI=1S/C17H26N2O2/c1-20-15-7-13(8-16(9-15)21-2)17(10-18)19(14-5-6-14)11-12-3-4-12/h7-9,12,14,17H,3-6,10-11,18H2,1-2H3. The minimum Gasteiger partial charge on any atom is -0.497 e. The SMILES string of the molecule is COc1cc(OC)cc(C(CN)N(CC2CC2)C2CC2)c1. The predicted molar refractivity (Wildman–Crippen MR) is 83.8 cm³/mol. The van der Waals surface area contributed by atoms with Gasteiger partial charge in [0.25, 0.3) is 0 Å². The third-order valence-electron chi connectivity index (χ3n) is 4.56. The first-order valence-corrected chi connectivity index (χ1v) is 7.94. The second kappa shape index (κ2) is 6.24. The molecule has 2 N–H and O–H groups in total. The summed E-state index contributed by atoms with van der Waals surface area (Å²) < 4.78 is 10.8. The van der Waals surface area contributed by atoms with Gasteiger partial charge in [0.2, 0.25) is 0 Å². The molecule has 1 unspecified atom stereocenters. The highest BCUT2D eigenvalue weighted by Gasteiger charge is 2.37. The van der Waals surface area contributed by atoms with E-state index in [0.29, 0.717) is 6.54 Å². The summed E-state index contributed by atoms with van der Waals surface area (Å²) in [4.78, 5) is 2.62. The average molecular weight is 290 g/mol. The zero-order valence-corrected chi connectivity index (χ0v) is 13.0. The third-order valence-corrected chi connectivity index (χ3v) is 4.56. The summed E-state index contributed by atoms with van der Waals surface area (Å²) in [5, 5.41) is 0. The normalized spacial score (nSPS) is 19.6. The van der Waals surface area contributed by atoms with E-state index >= 15 is 0 Å². The summed E-state index contributed by atoms with van der Waals surface area (Å²) in [6, 6.07) is 7.10. The summed E-state index contributed by atoms with van der Waals surface area (Å²) in [6.07, 6.45) is 5.37. The highest BCUT2D eigenvalue weighted by molar-refractivity contribution is 5.40. The van der Waals surface area contributed by atoms with Crippen molar-refractivity contribution in [3.63, 3.8) is 0 Å². The predicted octanol–water partition coefficient (Wildman–Crippen LogP) is 2.58. The first kappa shape index (κ1) is 14.7. The van der Waals surface area contributed by atoms with Crippen molar-refractivity contribution in [1.29, 1.82) is 0 Å². The van der Waals surface area contributed by atoms with E-state index in [0.717, 1.165) is 23.5 Å². The van der Waals surface area contributed by atoms with E-state index in [4.69, 9.17) is 15.2 Å². The number of nitrogens with zero attached hydrogens (tertiary/aromatic N) is 1. The lowest BCUT2D eigenvalue weighted by Gasteiger charge is -2.32. The first-order chi connectivity index (χ1) is 10.2. The smallest absolute Gasteiger partial charge is 0.122 e. The number of rotatable bonds is 8. The fourth-order valence-electron chi connectivity index (χ4n) is 3.02. The maximum absolute atomic E-state index is 6.13. The quantitative estimate of drug-likeness (QED) is 0.799. The van der Waals surface area contributed by atoms with Gasteiger partial charge in [0.1, 0.15) is 11.5 Å². The first-order valence-electron chi connectivity index (χ1n) is 7.94. The van der Waals surface area contributed by atoms with Gasteiger partial charge in [-0.3, -0.25) is 4.90 Å². The topological polar surface area (TPSA) is 47.7 Å². The molecule has 21 heavy (non-hydrogen) atoms. The molecule has 1 atom stereocenters. The fourth-order valence-corrected chi connectivity index (χ4v) is 3.02. The number of nitrogens with two attached hydrogens (primary N) is 1. The van der Waals surface area contributed by atoms with Gasteiger partial charge in [0.15, 0.2) is 0 Å². The second-order valence-corrected chi connectivity index (χ2v) is 6.27. The zero-order chi connectivity index (χ0) is 14.8. The van der Waals surface area contributed by atoms with E-state index in [1.165, 1.54) is 37.8 Å². The maximum Gasteiger partial charge on any atom is 0.122 e. The van der Waals surface area contributed by atoms with Crippen LogP contribution in [-0.4, -0.2) is 38.3 Å². The Bertz CT molecular complexity index is 461. The molecule has 0 heterocycles. The van der Waals surface area contributed by atoms with Crippen LogP contribution < -0.4 is 15.2 Å². The Hall–Kier alpha value is -1.26. The van der Waals surface area contributed by atoms with Crippen molar-refractivity contribution < 1.29 is 9.47 Å². The van der Waals surface area contributed by atoms with Gasteiger partial charge in [-0.1, -0.05) is 0 Å². The molecular formula is C17H26N2O2. The largest absolute Gasteiger partial charge is 0.497 e. The third kappa shape index (κ3) is 3.50. The van der Waals surface area contributed by atoms with Crippen LogP contribution in [0.25, 0.3) is 0 Å². The lowest BCUT2D eigenvalue weighted by Crippen LogP contribution is -2.37. The molecule has 4 nitrogen and oxygen atoms in total. The Morgan fingerprint density at radius 2 is 1.71 bits per heavy atom. The minimum atomic E-state index is 0.266. The second-order valence-electron chi connectivity index (χ2n) is 6.27. The Morgan fingerprint density at radius 1 is 1.10 bits per heavy atom. The van der Waals surface area contributed by atoms with Gasteiger partial charge in [0, 0.05) is 31.2 Å². The van der Waals surface area contributed by atoms with E-state index in [9.17, 15) is 0 Å². The molecule has 0 aliphatic heterocycles.